The van der Waals surface area contributed by atoms with Gasteiger partial charge >= 0.3 is 0 Å². The van der Waals surface area contributed by atoms with Crippen molar-refractivity contribution in [2.24, 2.45) is 0 Å². The number of methoxy groups -OCH3 is 1. The van der Waals surface area contributed by atoms with Gasteiger partial charge in [-0.25, -0.2) is 0 Å². The molecule has 3 aromatic rings. The Morgan fingerprint density at radius 1 is 1.15 bits per heavy atom. The quantitative estimate of drug-likeness (QED) is 0.661. The minimum Gasteiger partial charge on any atom is -0.497 e. The van der Waals surface area contributed by atoms with Crippen LogP contribution in [0.5, 0.6) is 5.75 Å². The maximum Gasteiger partial charge on any atom is 0.285 e. The lowest BCUT2D eigenvalue weighted by atomic mass is 10.1. The summed E-state index contributed by atoms with van der Waals surface area (Å²) in [5.74, 6) is 0.911. The van der Waals surface area contributed by atoms with Gasteiger partial charge in [-0.15, -0.1) is 0 Å². The first-order chi connectivity index (χ1) is 12.7. The van der Waals surface area contributed by atoms with Crippen molar-refractivity contribution in [2.75, 3.05) is 19.3 Å². The number of benzene rings is 1. The average Bonchev–Trinajstić information content (AvgIpc) is 3.16. The van der Waals surface area contributed by atoms with Crippen molar-refractivity contribution < 1.29 is 14.4 Å². The van der Waals surface area contributed by atoms with Gasteiger partial charge in [0, 0.05) is 24.2 Å². The average molecular weight is 352 g/mol. The summed E-state index contributed by atoms with van der Waals surface area (Å²) in [6, 6.07) is 13.1. The summed E-state index contributed by atoms with van der Waals surface area (Å²) in [4.78, 5) is 21.7. The van der Waals surface area contributed by atoms with Gasteiger partial charge < -0.3 is 4.74 Å². The summed E-state index contributed by atoms with van der Waals surface area (Å²) >= 11 is 0. The molecule has 0 aliphatic rings. The number of carbonyl (C=O) groups excluding carboxylic acids is 1. The molecule has 3 rings (SSSR count). The van der Waals surface area contributed by atoms with Crippen LogP contribution in [0.3, 0.4) is 0 Å². The number of ether oxygens (including phenoxy) is 1. The van der Waals surface area contributed by atoms with Crippen LogP contribution in [-0.4, -0.2) is 35.3 Å². The van der Waals surface area contributed by atoms with Gasteiger partial charge in [-0.3, -0.25) is 19.7 Å². The van der Waals surface area contributed by atoms with Crippen LogP contribution in [0.2, 0.25) is 0 Å². The van der Waals surface area contributed by atoms with E-state index < -0.39 is 0 Å². The second-order valence-electron chi connectivity index (χ2n) is 5.63. The lowest BCUT2D eigenvalue weighted by Gasteiger charge is -2.16. The van der Waals surface area contributed by atoms with E-state index >= 15 is 0 Å². The minimum atomic E-state index is -0.327. The predicted octanol–water partition coefficient (Wildman–Crippen LogP) is 2.81. The van der Waals surface area contributed by atoms with Crippen molar-refractivity contribution >= 4 is 11.7 Å². The highest BCUT2D eigenvalue weighted by Crippen LogP contribution is 2.18. The Bertz CT molecular complexity index is 864. The number of anilines is 1. The predicted molar refractivity (Wildman–Crippen MR) is 97.0 cm³/mol. The molecule has 2 aromatic heterocycles. The van der Waals surface area contributed by atoms with Gasteiger partial charge in [-0.1, -0.05) is 12.1 Å². The third-order valence-corrected chi connectivity index (χ3v) is 3.92. The number of hydroxylamine groups is 1. The highest BCUT2D eigenvalue weighted by molar-refractivity contribution is 6.03. The van der Waals surface area contributed by atoms with Gasteiger partial charge in [-0.05, 0) is 42.7 Å². The van der Waals surface area contributed by atoms with Gasteiger partial charge in [-0.2, -0.15) is 10.2 Å². The van der Waals surface area contributed by atoms with Crippen LogP contribution in [0, 0.1) is 0 Å². The summed E-state index contributed by atoms with van der Waals surface area (Å²) in [5, 5.41) is 8.29. The molecule has 0 spiro atoms. The molecular weight excluding hydrogens is 332 g/mol. The van der Waals surface area contributed by atoms with E-state index in [9.17, 15) is 4.79 Å². The van der Waals surface area contributed by atoms with Crippen LogP contribution in [0.15, 0.2) is 54.9 Å². The van der Waals surface area contributed by atoms with Gasteiger partial charge in [0.1, 0.15) is 5.75 Å². The van der Waals surface area contributed by atoms with Crippen LogP contribution in [-0.2, 0) is 17.7 Å². The molecule has 0 aliphatic heterocycles. The van der Waals surface area contributed by atoms with E-state index in [4.69, 9.17) is 9.57 Å². The zero-order valence-corrected chi connectivity index (χ0v) is 14.7. The maximum absolute atomic E-state index is 12.5. The minimum absolute atomic E-state index is 0.327. The number of aromatic amines is 1. The summed E-state index contributed by atoms with van der Waals surface area (Å²) in [6.45, 7) is 0. The molecule has 0 atom stereocenters. The number of hydrogen-bond donors (Lipinski definition) is 1. The van der Waals surface area contributed by atoms with E-state index in [1.54, 1.807) is 31.5 Å². The first kappa shape index (κ1) is 17.6. The Labute approximate surface area is 151 Å². The van der Waals surface area contributed by atoms with Gasteiger partial charge in [0.05, 0.1) is 19.8 Å². The number of aromatic nitrogens is 3. The Morgan fingerprint density at radius 2 is 2.04 bits per heavy atom. The molecule has 26 heavy (non-hydrogen) atoms. The lowest BCUT2D eigenvalue weighted by molar-refractivity contribution is 0.0768. The molecule has 134 valence electrons. The molecule has 7 heteroatoms. The first-order valence-electron chi connectivity index (χ1n) is 8.17. The maximum atomic E-state index is 12.5. The fourth-order valence-corrected chi connectivity index (χ4v) is 2.58. The molecule has 1 aromatic carbocycles. The third-order valence-electron chi connectivity index (χ3n) is 3.92. The second kappa shape index (κ2) is 8.26. The summed E-state index contributed by atoms with van der Waals surface area (Å²) in [6.07, 6.45) is 4.67. The topological polar surface area (TPSA) is 80.3 Å². The lowest BCUT2D eigenvalue weighted by Crippen LogP contribution is -2.30. The Morgan fingerprint density at radius 3 is 2.77 bits per heavy atom. The summed E-state index contributed by atoms with van der Waals surface area (Å²) in [5.41, 5.74) is 2.50. The van der Waals surface area contributed by atoms with Crippen molar-refractivity contribution in [3.8, 4) is 5.75 Å². The van der Waals surface area contributed by atoms with Gasteiger partial charge in [0.25, 0.3) is 5.91 Å². The van der Waals surface area contributed by atoms with Crippen LogP contribution in [0.1, 0.15) is 21.6 Å². The fraction of sp³-hybridized carbons (Fsp3) is 0.211. The molecule has 1 amide bonds. The van der Waals surface area contributed by atoms with Crippen LogP contribution < -0.4 is 9.80 Å². The fourth-order valence-electron chi connectivity index (χ4n) is 2.58. The number of hydrogen-bond acceptors (Lipinski definition) is 5. The summed E-state index contributed by atoms with van der Waals surface area (Å²) in [7, 11) is 3.08. The van der Waals surface area contributed by atoms with Gasteiger partial charge in [0.2, 0.25) is 0 Å². The molecule has 0 aliphatic carbocycles. The Hall–Kier alpha value is -3.19. The number of H-pyrrole nitrogens is 1. The standard InChI is InChI=1S/C19H20N4O3/c1-25-17-7-3-5-14(11-17)8-9-16-12-18(22-21-16)23(26-2)19(24)15-6-4-10-20-13-15/h3-7,10-13H,8-9H2,1-2H3,(H,21,22). The van der Waals surface area contributed by atoms with Crippen LogP contribution >= 0.6 is 0 Å². The second-order valence-corrected chi connectivity index (χ2v) is 5.63. The Balaban J connectivity index is 1.68. The Kier molecular flexibility index (Phi) is 5.60. The molecule has 0 saturated carbocycles. The number of pyridine rings is 1. The SMILES string of the molecule is COc1cccc(CCc2cc(N(OC)C(=O)c3cccnc3)n[nH]2)c1. The van der Waals surface area contributed by atoms with E-state index in [2.05, 4.69) is 15.2 Å². The molecular formula is C19H20N4O3. The first-order valence-corrected chi connectivity index (χ1v) is 8.17. The molecule has 0 radical (unpaired) electrons. The monoisotopic (exact) mass is 352 g/mol. The van der Waals surface area contributed by atoms with E-state index in [-0.39, 0.29) is 5.91 Å². The molecule has 0 fully saturated rings. The zero-order chi connectivity index (χ0) is 18.4. The van der Waals surface area contributed by atoms with Gasteiger partial charge in [0.15, 0.2) is 5.82 Å². The van der Waals surface area contributed by atoms with E-state index in [0.29, 0.717) is 11.4 Å². The van der Waals surface area contributed by atoms with Crippen molar-refractivity contribution in [1.29, 1.82) is 0 Å². The number of amides is 1. The van der Waals surface area contributed by atoms with Crippen molar-refractivity contribution in [2.45, 2.75) is 12.8 Å². The van der Waals surface area contributed by atoms with Crippen molar-refractivity contribution in [3.63, 3.8) is 0 Å². The zero-order valence-electron chi connectivity index (χ0n) is 14.7. The smallest absolute Gasteiger partial charge is 0.285 e. The molecule has 2 heterocycles. The number of aryl methyl sites for hydroxylation is 2. The van der Waals surface area contributed by atoms with Crippen LogP contribution in [0.4, 0.5) is 5.82 Å². The third kappa shape index (κ3) is 4.07. The van der Waals surface area contributed by atoms with E-state index in [1.807, 2.05) is 24.3 Å². The molecule has 1 N–H and O–H groups in total. The molecule has 0 saturated heterocycles. The largest absolute Gasteiger partial charge is 0.497 e. The molecule has 0 bridgehead atoms. The highest BCUT2D eigenvalue weighted by Gasteiger charge is 2.20. The molecule has 7 nitrogen and oxygen atoms in total. The normalized spacial score (nSPS) is 10.5. The van der Waals surface area contributed by atoms with E-state index in [1.165, 1.54) is 13.3 Å². The van der Waals surface area contributed by atoms with Crippen molar-refractivity contribution in [3.05, 3.63) is 71.7 Å². The van der Waals surface area contributed by atoms with Crippen molar-refractivity contribution in [1.82, 2.24) is 15.2 Å². The van der Waals surface area contributed by atoms with Crippen LogP contribution in [0.25, 0.3) is 0 Å². The summed E-state index contributed by atoms with van der Waals surface area (Å²) < 4.78 is 5.24. The highest BCUT2D eigenvalue weighted by atomic mass is 16.7. The number of nitrogens with one attached hydrogen (secondary N) is 1. The van der Waals surface area contributed by atoms with E-state index in [0.717, 1.165) is 34.9 Å². The molecule has 0 unspecified atom stereocenters. The number of rotatable bonds is 7. The number of carbonyl (C=O) groups is 1. The number of nitrogens with zero attached hydrogens (tertiary/aromatic N) is 3.